The number of hydrogen-bond donors (Lipinski definition) is 4. The quantitative estimate of drug-likeness (QED) is 0.0767. The van der Waals surface area contributed by atoms with Crippen molar-refractivity contribution in [2.75, 3.05) is 5.75 Å². The third-order valence-corrected chi connectivity index (χ3v) is 9.27. The Morgan fingerprint density at radius 3 is 2.17 bits per heavy atom. The summed E-state index contributed by atoms with van der Waals surface area (Å²) >= 11 is 1.61. The fourth-order valence-corrected chi connectivity index (χ4v) is 6.37. The van der Waals surface area contributed by atoms with Crippen LogP contribution < -0.4 is 5.32 Å². The Morgan fingerprint density at radius 2 is 1.48 bits per heavy atom. The van der Waals surface area contributed by atoms with E-state index in [0.717, 1.165) is 38.3 Å². The maximum Gasteiger partial charge on any atom is 0.335 e. The van der Waals surface area contributed by atoms with Crippen LogP contribution in [0.1, 0.15) is 77.1 Å². The zero-order chi connectivity index (χ0) is 33.9. The van der Waals surface area contributed by atoms with Crippen molar-refractivity contribution >= 4 is 29.6 Å². The van der Waals surface area contributed by atoms with Crippen LogP contribution in [-0.4, -0.2) is 45.0 Å². The van der Waals surface area contributed by atoms with Crippen molar-refractivity contribution in [1.82, 2.24) is 5.32 Å². The third-order valence-electron chi connectivity index (χ3n) is 8.13. The Kier molecular flexibility index (Phi) is 12.4. The zero-order valence-corrected chi connectivity index (χ0v) is 27.2. The van der Waals surface area contributed by atoms with Gasteiger partial charge in [0.2, 0.25) is 5.91 Å². The summed E-state index contributed by atoms with van der Waals surface area (Å²) in [6.07, 6.45) is 1.06. The summed E-state index contributed by atoms with van der Waals surface area (Å²) in [5, 5.41) is 30.4. The third kappa shape index (κ3) is 10.0. The molecular formula is C38H39NO8S. The summed E-state index contributed by atoms with van der Waals surface area (Å²) in [5.74, 6) is -1.25. The average molecular weight is 670 g/mol. The van der Waals surface area contributed by atoms with E-state index in [2.05, 4.69) is 5.32 Å². The second-order valence-electron chi connectivity index (χ2n) is 11.7. The number of aromatic carboxylic acids is 1. The Bertz CT molecular complexity index is 1670. The van der Waals surface area contributed by atoms with Crippen LogP contribution in [0.4, 0.5) is 0 Å². The van der Waals surface area contributed by atoms with E-state index in [1.165, 1.54) is 0 Å². The van der Waals surface area contributed by atoms with Crippen LogP contribution in [0, 0.1) is 0 Å². The lowest BCUT2D eigenvalue weighted by Crippen LogP contribution is -2.31. The van der Waals surface area contributed by atoms with E-state index in [1.807, 2.05) is 84.9 Å². The number of carbonyl (C=O) groups excluding carboxylic acids is 1. The SMILES string of the molecule is O=C(O)CCCCC(=O)NCc1cccc(-c2ccc([C@H]3O[C@@H](CSc4ccc(C(=O)O)cc4)C[C@@H](c4ccc(CO)cc4)O3)cc2)c1. The molecule has 0 radical (unpaired) electrons. The molecule has 1 fully saturated rings. The van der Waals surface area contributed by atoms with Crippen molar-refractivity contribution in [3.8, 4) is 11.1 Å². The van der Waals surface area contributed by atoms with Crippen molar-refractivity contribution in [3.63, 3.8) is 0 Å². The smallest absolute Gasteiger partial charge is 0.335 e. The Morgan fingerprint density at radius 1 is 0.771 bits per heavy atom. The van der Waals surface area contributed by atoms with E-state index in [1.54, 1.807) is 23.9 Å². The summed E-state index contributed by atoms with van der Waals surface area (Å²) in [6.45, 7) is 0.356. The first-order valence-electron chi connectivity index (χ1n) is 15.9. The van der Waals surface area contributed by atoms with Gasteiger partial charge in [-0.25, -0.2) is 4.79 Å². The molecule has 250 valence electrons. The first-order chi connectivity index (χ1) is 23.3. The van der Waals surface area contributed by atoms with Gasteiger partial charge in [0.15, 0.2) is 6.29 Å². The highest BCUT2D eigenvalue weighted by Crippen LogP contribution is 2.40. The molecule has 4 aromatic carbocycles. The van der Waals surface area contributed by atoms with E-state index in [4.69, 9.17) is 14.6 Å². The number of nitrogens with one attached hydrogen (secondary N) is 1. The molecule has 1 aliphatic heterocycles. The van der Waals surface area contributed by atoms with Crippen molar-refractivity contribution in [2.24, 2.45) is 0 Å². The van der Waals surface area contributed by atoms with Gasteiger partial charge in [0.05, 0.1) is 24.4 Å². The first kappa shape index (κ1) is 34.8. The Balaban J connectivity index is 1.24. The molecule has 0 spiro atoms. The molecule has 1 amide bonds. The van der Waals surface area contributed by atoms with Crippen LogP contribution >= 0.6 is 11.8 Å². The topological polar surface area (TPSA) is 142 Å². The molecule has 48 heavy (non-hydrogen) atoms. The number of carboxylic acid groups (broad SMARTS) is 2. The van der Waals surface area contributed by atoms with Gasteiger partial charge in [0, 0.05) is 42.0 Å². The van der Waals surface area contributed by atoms with Crippen molar-refractivity contribution in [3.05, 3.63) is 125 Å². The number of hydrogen-bond acceptors (Lipinski definition) is 7. The Labute approximate surface area is 283 Å². The van der Waals surface area contributed by atoms with Crippen LogP contribution in [0.15, 0.2) is 102 Å². The maximum absolute atomic E-state index is 12.2. The van der Waals surface area contributed by atoms with Gasteiger partial charge in [-0.3, -0.25) is 9.59 Å². The molecule has 4 N–H and O–H groups in total. The number of thioether (sulfide) groups is 1. The van der Waals surface area contributed by atoms with Gasteiger partial charge < -0.3 is 30.1 Å². The van der Waals surface area contributed by atoms with E-state index < -0.39 is 18.2 Å². The minimum Gasteiger partial charge on any atom is -0.481 e. The predicted octanol–water partition coefficient (Wildman–Crippen LogP) is 7.14. The minimum absolute atomic E-state index is 0.0302. The van der Waals surface area contributed by atoms with Crippen LogP contribution in [0.2, 0.25) is 0 Å². The van der Waals surface area contributed by atoms with E-state index >= 15 is 0 Å². The standard InChI is InChI=1S/C38H39NO8S/c40-23-25-8-10-28(11-9-25)34-21-32(24-48-33-18-16-29(17-19-33)37(44)45)46-38(47-34)30-14-12-27(13-15-30)31-5-3-4-26(20-31)22-39-35(41)6-1-2-7-36(42)43/h3-5,8-20,32,34,38,40H,1-2,6-7,21-24H2,(H,39,41)(H,42,43)(H,44,45)/t32-,34+,38+/m1/s1. The normalized spacial score (nSPS) is 17.5. The fraction of sp³-hybridized carbons (Fsp3) is 0.289. The number of amides is 1. The van der Waals surface area contributed by atoms with E-state index in [-0.39, 0.29) is 36.7 Å². The molecule has 1 heterocycles. The minimum atomic E-state index is -0.956. The lowest BCUT2D eigenvalue weighted by molar-refractivity contribution is -0.245. The molecule has 5 rings (SSSR count). The van der Waals surface area contributed by atoms with Gasteiger partial charge in [-0.05, 0) is 71.0 Å². The van der Waals surface area contributed by atoms with Gasteiger partial charge >= 0.3 is 11.9 Å². The van der Waals surface area contributed by atoms with Crippen molar-refractivity contribution < 1.29 is 39.2 Å². The highest BCUT2D eigenvalue weighted by atomic mass is 32.2. The number of unbranched alkanes of at least 4 members (excludes halogenated alkanes) is 1. The van der Waals surface area contributed by atoms with Crippen LogP contribution in [0.3, 0.4) is 0 Å². The Hall–Kier alpha value is -4.48. The highest BCUT2D eigenvalue weighted by Gasteiger charge is 2.32. The highest BCUT2D eigenvalue weighted by molar-refractivity contribution is 7.99. The van der Waals surface area contributed by atoms with Crippen LogP contribution in [-0.2, 0) is 32.2 Å². The molecule has 3 atom stereocenters. The van der Waals surface area contributed by atoms with Gasteiger partial charge in [-0.2, -0.15) is 0 Å². The number of aliphatic hydroxyl groups excluding tert-OH is 1. The number of aliphatic hydroxyl groups is 1. The molecule has 0 bridgehead atoms. The number of benzene rings is 4. The summed E-state index contributed by atoms with van der Waals surface area (Å²) in [6, 6.07) is 30.6. The number of aliphatic carboxylic acids is 1. The first-order valence-corrected chi connectivity index (χ1v) is 16.9. The van der Waals surface area contributed by atoms with Gasteiger partial charge in [-0.15, -0.1) is 11.8 Å². The molecule has 4 aromatic rings. The summed E-state index contributed by atoms with van der Waals surface area (Å²) in [7, 11) is 0. The number of carboxylic acids is 2. The molecule has 1 saturated heterocycles. The molecule has 0 aromatic heterocycles. The molecule has 10 heteroatoms. The predicted molar refractivity (Wildman–Crippen MR) is 182 cm³/mol. The van der Waals surface area contributed by atoms with Gasteiger partial charge in [0.25, 0.3) is 0 Å². The lowest BCUT2D eigenvalue weighted by atomic mass is 9.99. The van der Waals surface area contributed by atoms with E-state index in [0.29, 0.717) is 38.0 Å². The second-order valence-corrected chi connectivity index (χ2v) is 12.8. The number of rotatable bonds is 15. The average Bonchev–Trinajstić information content (AvgIpc) is 3.12. The van der Waals surface area contributed by atoms with Gasteiger partial charge in [-0.1, -0.05) is 66.7 Å². The monoisotopic (exact) mass is 669 g/mol. The van der Waals surface area contributed by atoms with Crippen molar-refractivity contribution in [2.45, 2.75) is 68.6 Å². The van der Waals surface area contributed by atoms with Crippen molar-refractivity contribution in [1.29, 1.82) is 0 Å². The second kappa shape index (κ2) is 17.1. The van der Waals surface area contributed by atoms with Crippen LogP contribution in [0.25, 0.3) is 11.1 Å². The summed E-state index contributed by atoms with van der Waals surface area (Å²) in [5.41, 5.74) is 5.92. The zero-order valence-electron chi connectivity index (χ0n) is 26.4. The summed E-state index contributed by atoms with van der Waals surface area (Å²) < 4.78 is 13.0. The molecular weight excluding hydrogens is 630 g/mol. The molecule has 9 nitrogen and oxygen atoms in total. The van der Waals surface area contributed by atoms with E-state index in [9.17, 15) is 24.6 Å². The lowest BCUT2D eigenvalue weighted by Gasteiger charge is -2.36. The molecule has 0 unspecified atom stereocenters. The number of carbonyl (C=O) groups is 3. The largest absolute Gasteiger partial charge is 0.481 e. The molecule has 0 aliphatic carbocycles. The summed E-state index contributed by atoms with van der Waals surface area (Å²) in [4.78, 5) is 35.1. The molecule has 0 saturated carbocycles. The maximum atomic E-state index is 12.2. The molecule has 1 aliphatic rings. The van der Waals surface area contributed by atoms with Gasteiger partial charge in [0.1, 0.15) is 0 Å². The van der Waals surface area contributed by atoms with Crippen LogP contribution in [0.5, 0.6) is 0 Å². The fourth-order valence-electron chi connectivity index (χ4n) is 5.45. The number of ether oxygens (including phenoxy) is 2.